The first-order valence-electron chi connectivity index (χ1n) is 9.85. The molecule has 1 N–H and O–H groups in total. The predicted octanol–water partition coefficient (Wildman–Crippen LogP) is 2.80. The smallest absolute Gasteiger partial charge is 0.243 e. The van der Waals surface area contributed by atoms with Crippen molar-refractivity contribution in [2.75, 3.05) is 38.5 Å². The molecule has 1 fully saturated rings. The molecule has 1 amide bonds. The van der Waals surface area contributed by atoms with Crippen molar-refractivity contribution in [2.24, 2.45) is 0 Å². The van der Waals surface area contributed by atoms with Gasteiger partial charge in [0, 0.05) is 44.7 Å². The van der Waals surface area contributed by atoms with Crippen LogP contribution in [0.5, 0.6) is 0 Å². The molecule has 2 aromatic carbocycles. The number of thiazole rings is 1. The molecule has 4 rings (SSSR count). The van der Waals surface area contributed by atoms with Gasteiger partial charge in [0.25, 0.3) is 0 Å². The number of carbonyl (C=O) groups excluding carboxylic acids is 1. The lowest BCUT2D eigenvalue weighted by atomic mass is 10.2. The van der Waals surface area contributed by atoms with E-state index in [9.17, 15) is 13.2 Å². The van der Waals surface area contributed by atoms with Gasteiger partial charge in [-0.15, -0.1) is 11.3 Å². The third kappa shape index (κ3) is 4.70. The Balaban J connectivity index is 1.39. The minimum absolute atomic E-state index is 0.164. The summed E-state index contributed by atoms with van der Waals surface area (Å²) in [6, 6.07) is 14.4. The van der Waals surface area contributed by atoms with Crippen LogP contribution in [0.4, 0.5) is 5.69 Å². The number of para-hydroxylation sites is 1. The highest BCUT2D eigenvalue weighted by Crippen LogP contribution is 2.23. The number of benzene rings is 2. The summed E-state index contributed by atoms with van der Waals surface area (Å²) < 4.78 is 28.4. The quantitative estimate of drug-likeness (QED) is 0.632. The summed E-state index contributed by atoms with van der Waals surface area (Å²) in [5, 5.41) is 3.73. The van der Waals surface area contributed by atoms with Crippen molar-refractivity contribution < 1.29 is 13.2 Å². The van der Waals surface area contributed by atoms with Gasteiger partial charge in [0.15, 0.2) is 0 Å². The number of piperazine rings is 1. The van der Waals surface area contributed by atoms with E-state index in [2.05, 4.69) is 15.2 Å². The Hall–Kier alpha value is -2.33. The Morgan fingerprint density at radius 2 is 1.87 bits per heavy atom. The van der Waals surface area contributed by atoms with Crippen molar-refractivity contribution in [1.29, 1.82) is 0 Å². The summed E-state index contributed by atoms with van der Waals surface area (Å²) in [6.45, 7) is 2.36. The SMILES string of the molecule is CN1CCN(S(=O)(=O)c2cccc(NC(=O)CCc3nc4ccccc4s3)c2)CC1. The van der Waals surface area contributed by atoms with Crippen LogP contribution in [0.2, 0.25) is 0 Å². The monoisotopic (exact) mass is 444 g/mol. The molecular weight excluding hydrogens is 420 g/mol. The van der Waals surface area contributed by atoms with E-state index >= 15 is 0 Å². The largest absolute Gasteiger partial charge is 0.326 e. The summed E-state index contributed by atoms with van der Waals surface area (Å²) in [4.78, 5) is 19.3. The fourth-order valence-corrected chi connectivity index (χ4v) is 5.82. The average Bonchev–Trinajstić information content (AvgIpc) is 3.16. The van der Waals surface area contributed by atoms with Gasteiger partial charge in [-0.25, -0.2) is 13.4 Å². The van der Waals surface area contributed by atoms with Crippen LogP contribution >= 0.6 is 11.3 Å². The number of amides is 1. The third-order valence-corrected chi connectivity index (χ3v) is 8.11. The number of likely N-dealkylation sites (N-methyl/N-ethyl adjacent to an activating group) is 1. The van der Waals surface area contributed by atoms with Gasteiger partial charge in [0.1, 0.15) is 0 Å². The number of aromatic nitrogens is 1. The van der Waals surface area contributed by atoms with Gasteiger partial charge in [-0.3, -0.25) is 4.79 Å². The molecule has 0 spiro atoms. The van der Waals surface area contributed by atoms with E-state index in [1.807, 2.05) is 31.3 Å². The van der Waals surface area contributed by atoms with Crippen molar-refractivity contribution >= 4 is 43.2 Å². The zero-order chi connectivity index (χ0) is 21.1. The van der Waals surface area contributed by atoms with Crippen LogP contribution in [0.1, 0.15) is 11.4 Å². The summed E-state index contributed by atoms with van der Waals surface area (Å²) in [7, 11) is -1.59. The van der Waals surface area contributed by atoms with Crippen LogP contribution in [0.15, 0.2) is 53.4 Å². The zero-order valence-electron chi connectivity index (χ0n) is 16.7. The fourth-order valence-electron chi connectivity index (χ4n) is 3.38. The number of aryl methyl sites for hydroxylation is 1. The van der Waals surface area contributed by atoms with Gasteiger partial charge < -0.3 is 10.2 Å². The summed E-state index contributed by atoms with van der Waals surface area (Å²) in [5.41, 5.74) is 1.43. The molecule has 0 aliphatic carbocycles. The number of rotatable bonds is 6. The van der Waals surface area contributed by atoms with Crippen LogP contribution in [0.25, 0.3) is 10.2 Å². The Morgan fingerprint density at radius 3 is 2.63 bits per heavy atom. The highest BCUT2D eigenvalue weighted by Gasteiger charge is 2.27. The molecule has 158 valence electrons. The maximum absolute atomic E-state index is 12.9. The molecule has 3 aromatic rings. The normalized spacial score (nSPS) is 16.0. The number of carbonyl (C=O) groups is 1. The van der Waals surface area contributed by atoms with E-state index in [0.717, 1.165) is 15.2 Å². The van der Waals surface area contributed by atoms with E-state index in [4.69, 9.17) is 0 Å². The Kier molecular flexibility index (Phi) is 6.14. The second kappa shape index (κ2) is 8.81. The van der Waals surface area contributed by atoms with Gasteiger partial charge in [-0.1, -0.05) is 18.2 Å². The zero-order valence-corrected chi connectivity index (χ0v) is 18.4. The molecule has 1 aliphatic rings. The second-order valence-electron chi connectivity index (χ2n) is 7.36. The molecule has 1 saturated heterocycles. The van der Waals surface area contributed by atoms with E-state index < -0.39 is 10.0 Å². The number of nitrogens with one attached hydrogen (secondary N) is 1. The Labute approximate surface area is 180 Å². The minimum atomic E-state index is -3.57. The summed E-state index contributed by atoms with van der Waals surface area (Å²) in [6.07, 6.45) is 0.833. The van der Waals surface area contributed by atoms with Crippen molar-refractivity contribution in [2.45, 2.75) is 17.7 Å². The van der Waals surface area contributed by atoms with Crippen molar-refractivity contribution in [3.05, 3.63) is 53.5 Å². The van der Waals surface area contributed by atoms with Crippen molar-refractivity contribution in [3.8, 4) is 0 Å². The maximum Gasteiger partial charge on any atom is 0.243 e. The van der Waals surface area contributed by atoms with E-state index in [0.29, 0.717) is 38.3 Å². The Bertz CT molecular complexity index is 1120. The van der Waals surface area contributed by atoms with E-state index in [1.54, 1.807) is 29.5 Å². The molecule has 9 heteroatoms. The van der Waals surface area contributed by atoms with Gasteiger partial charge in [-0.05, 0) is 37.4 Å². The lowest BCUT2D eigenvalue weighted by molar-refractivity contribution is -0.116. The summed E-state index contributed by atoms with van der Waals surface area (Å²) in [5.74, 6) is -0.164. The first-order valence-corrected chi connectivity index (χ1v) is 12.1. The molecule has 0 bridgehead atoms. The average molecular weight is 445 g/mol. The van der Waals surface area contributed by atoms with Crippen LogP contribution < -0.4 is 5.32 Å². The summed E-state index contributed by atoms with van der Waals surface area (Å²) >= 11 is 1.59. The lowest BCUT2D eigenvalue weighted by Gasteiger charge is -2.31. The second-order valence-corrected chi connectivity index (χ2v) is 10.4. The van der Waals surface area contributed by atoms with Crippen LogP contribution in [0, 0.1) is 0 Å². The fraction of sp³-hybridized carbons (Fsp3) is 0.333. The number of fused-ring (bicyclic) bond motifs is 1. The molecule has 1 aliphatic heterocycles. The predicted molar refractivity (Wildman–Crippen MR) is 119 cm³/mol. The maximum atomic E-state index is 12.9. The topological polar surface area (TPSA) is 82.6 Å². The van der Waals surface area contributed by atoms with Gasteiger partial charge in [-0.2, -0.15) is 4.31 Å². The highest BCUT2D eigenvalue weighted by atomic mass is 32.2. The van der Waals surface area contributed by atoms with Gasteiger partial charge >= 0.3 is 0 Å². The van der Waals surface area contributed by atoms with Gasteiger partial charge in [0.05, 0.1) is 20.1 Å². The number of anilines is 1. The molecule has 2 heterocycles. The number of nitrogens with zero attached hydrogens (tertiary/aromatic N) is 3. The molecule has 7 nitrogen and oxygen atoms in total. The Morgan fingerprint density at radius 1 is 1.10 bits per heavy atom. The van der Waals surface area contributed by atoms with Crippen molar-refractivity contribution in [1.82, 2.24) is 14.2 Å². The van der Waals surface area contributed by atoms with Gasteiger partial charge in [0.2, 0.25) is 15.9 Å². The van der Waals surface area contributed by atoms with Crippen LogP contribution in [-0.4, -0.2) is 61.7 Å². The van der Waals surface area contributed by atoms with E-state index in [1.165, 1.54) is 10.4 Å². The van der Waals surface area contributed by atoms with E-state index in [-0.39, 0.29) is 17.2 Å². The van der Waals surface area contributed by atoms with Crippen LogP contribution in [0.3, 0.4) is 0 Å². The number of hydrogen-bond acceptors (Lipinski definition) is 6. The molecule has 0 radical (unpaired) electrons. The third-order valence-electron chi connectivity index (χ3n) is 5.12. The first-order chi connectivity index (χ1) is 14.4. The minimum Gasteiger partial charge on any atom is -0.326 e. The highest BCUT2D eigenvalue weighted by molar-refractivity contribution is 7.89. The molecule has 0 saturated carbocycles. The van der Waals surface area contributed by atoms with Crippen LogP contribution in [-0.2, 0) is 21.2 Å². The lowest BCUT2D eigenvalue weighted by Crippen LogP contribution is -2.47. The standard InChI is InChI=1S/C21H24N4O3S2/c1-24-11-13-25(14-12-24)30(27,28)17-6-4-5-16(15-17)22-20(26)9-10-21-23-18-7-2-3-8-19(18)29-21/h2-8,15H,9-14H2,1H3,(H,22,26). The van der Waals surface area contributed by atoms with Crippen molar-refractivity contribution in [3.63, 3.8) is 0 Å². The number of sulfonamides is 1. The molecule has 0 unspecified atom stereocenters. The molecule has 0 atom stereocenters. The molecule has 1 aromatic heterocycles. The molecular formula is C21H24N4O3S2. The first kappa shape index (κ1) is 20.9. The number of hydrogen-bond donors (Lipinski definition) is 1. The molecule has 30 heavy (non-hydrogen) atoms.